The van der Waals surface area contributed by atoms with E-state index in [9.17, 15) is 0 Å². The summed E-state index contributed by atoms with van der Waals surface area (Å²) in [6.07, 6.45) is 5.35. The van der Waals surface area contributed by atoms with Gasteiger partial charge in [-0.3, -0.25) is 0 Å². The molecule has 0 saturated heterocycles. The highest BCUT2D eigenvalue weighted by Crippen LogP contribution is 2.39. The Morgan fingerprint density at radius 3 is 2.75 bits per heavy atom. The molecule has 3 heteroatoms. The smallest absolute Gasteiger partial charge is 0.0494 e. The first-order valence-corrected chi connectivity index (χ1v) is 6.45. The maximum atomic E-state index is 6.17. The Labute approximate surface area is 101 Å². The predicted octanol–water partition coefficient (Wildman–Crippen LogP) is 3.10. The number of anilines is 1. The summed E-state index contributed by atoms with van der Waals surface area (Å²) in [7, 11) is 0. The summed E-state index contributed by atoms with van der Waals surface area (Å²) >= 11 is 6.02. The molecule has 1 heterocycles. The molecule has 1 aliphatic carbocycles. The molecule has 16 heavy (non-hydrogen) atoms. The van der Waals surface area contributed by atoms with Crippen molar-refractivity contribution in [3.63, 3.8) is 0 Å². The number of benzene rings is 1. The Bertz CT molecular complexity index is 399. The van der Waals surface area contributed by atoms with Crippen LogP contribution in [0.4, 0.5) is 5.69 Å². The average Bonchev–Trinajstić information content (AvgIpc) is 2.87. The number of rotatable bonds is 1. The van der Waals surface area contributed by atoms with Gasteiger partial charge in [0.25, 0.3) is 0 Å². The van der Waals surface area contributed by atoms with Crippen molar-refractivity contribution in [2.75, 3.05) is 11.4 Å². The van der Waals surface area contributed by atoms with Gasteiger partial charge in [-0.05, 0) is 36.6 Å². The van der Waals surface area contributed by atoms with E-state index < -0.39 is 0 Å². The van der Waals surface area contributed by atoms with Crippen LogP contribution in [0.1, 0.15) is 37.3 Å². The topological polar surface area (TPSA) is 29.3 Å². The molecule has 1 aromatic rings. The minimum Gasteiger partial charge on any atom is -0.366 e. The second-order valence-corrected chi connectivity index (χ2v) is 5.34. The molecule has 2 aliphatic rings. The Hall–Kier alpha value is -0.730. The molecule has 1 fully saturated rings. The number of hydrogen-bond donors (Lipinski definition) is 1. The van der Waals surface area contributed by atoms with Crippen LogP contribution in [0.5, 0.6) is 0 Å². The van der Waals surface area contributed by atoms with Crippen molar-refractivity contribution in [2.24, 2.45) is 5.73 Å². The minimum absolute atomic E-state index is 0.134. The monoisotopic (exact) mass is 236 g/mol. The molecule has 3 rings (SSSR count). The lowest BCUT2D eigenvalue weighted by molar-refractivity contribution is 0.597. The zero-order chi connectivity index (χ0) is 11.1. The van der Waals surface area contributed by atoms with Crippen LogP contribution in [-0.4, -0.2) is 12.6 Å². The number of halogens is 1. The highest BCUT2D eigenvalue weighted by Gasteiger charge is 2.32. The van der Waals surface area contributed by atoms with Gasteiger partial charge in [-0.15, -0.1) is 0 Å². The zero-order valence-electron chi connectivity index (χ0n) is 9.32. The summed E-state index contributed by atoms with van der Waals surface area (Å²) in [6, 6.07) is 6.96. The van der Waals surface area contributed by atoms with E-state index in [4.69, 9.17) is 17.3 Å². The first kappa shape index (κ1) is 10.4. The normalized spacial score (nSPS) is 25.1. The van der Waals surface area contributed by atoms with Crippen LogP contribution in [0.3, 0.4) is 0 Å². The number of fused-ring (bicyclic) bond motifs is 1. The van der Waals surface area contributed by atoms with Crippen LogP contribution < -0.4 is 10.6 Å². The number of nitrogens with two attached hydrogens (primary N) is 1. The third-order valence-corrected chi connectivity index (χ3v) is 4.09. The first-order chi connectivity index (χ1) is 7.75. The van der Waals surface area contributed by atoms with Gasteiger partial charge in [0.1, 0.15) is 0 Å². The fraction of sp³-hybridized carbons (Fsp3) is 0.538. The lowest BCUT2D eigenvalue weighted by Gasteiger charge is -2.26. The van der Waals surface area contributed by atoms with Crippen molar-refractivity contribution in [3.05, 3.63) is 28.8 Å². The molecule has 0 amide bonds. The molecule has 1 atom stereocenters. The van der Waals surface area contributed by atoms with Gasteiger partial charge in [-0.25, -0.2) is 0 Å². The van der Waals surface area contributed by atoms with Crippen LogP contribution >= 0.6 is 11.6 Å². The number of hydrogen-bond acceptors (Lipinski definition) is 2. The molecule has 2 nitrogen and oxygen atoms in total. The fourth-order valence-corrected chi connectivity index (χ4v) is 3.23. The van der Waals surface area contributed by atoms with E-state index in [0.717, 1.165) is 11.6 Å². The van der Waals surface area contributed by atoms with Crippen LogP contribution in [0.2, 0.25) is 5.02 Å². The number of nitrogens with zero attached hydrogens (tertiary/aromatic N) is 1. The SMILES string of the molecule is N[C@@H]1CN(C2CCCC2)c2ccc(Cl)cc21. The second kappa shape index (κ2) is 3.94. The molecule has 86 valence electrons. The van der Waals surface area contributed by atoms with Gasteiger partial charge in [0.05, 0.1) is 0 Å². The Morgan fingerprint density at radius 2 is 2.00 bits per heavy atom. The van der Waals surface area contributed by atoms with Gasteiger partial charge in [0.2, 0.25) is 0 Å². The van der Waals surface area contributed by atoms with Gasteiger partial charge < -0.3 is 10.6 Å². The summed E-state index contributed by atoms with van der Waals surface area (Å²) in [5.41, 5.74) is 8.70. The van der Waals surface area contributed by atoms with Gasteiger partial charge in [-0.2, -0.15) is 0 Å². The molecule has 0 bridgehead atoms. The molecular formula is C13H17ClN2. The molecule has 2 N–H and O–H groups in total. The third-order valence-electron chi connectivity index (χ3n) is 3.86. The van der Waals surface area contributed by atoms with E-state index in [-0.39, 0.29) is 6.04 Å². The molecule has 0 aromatic heterocycles. The molecule has 0 spiro atoms. The van der Waals surface area contributed by atoms with E-state index in [2.05, 4.69) is 11.0 Å². The van der Waals surface area contributed by atoms with Crippen LogP contribution in [0, 0.1) is 0 Å². The largest absolute Gasteiger partial charge is 0.366 e. The summed E-state index contributed by atoms with van der Waals surface area (Å²) in [6.45, 7) is 0.959. The predicted molar refractivity (Wildman–Crippen MR) is 68.0 cm³/mol. The van der Waals surface area contributed by atoms with E-state index in [1.165, 1.54) is 36.9 Å². The molecule has 1 aromatic carbocycles. The van der Waals surface area contributed by atoms with E-state index in [0.29, 0.717) is 6.04 Å². The van der Waals surface area contributed by atoms with Gasteiger partial charge >= 0.3 is 0 Å². The molecule has 1 saturated carbocycles. The summed E-state index contributed by atoms with van der Waals surface area (Å²) < 4.78 is 0. The average molecular weight is 237 g/mol. The molecule has 0 unspecified atom stereocenters. The first-order valence-electron chi connectivity index (χ1n) is 6.07. The lowest BCUT2D eigenvalue weighted by atomic mass is 10.1. The fourth-order valence-electron chi connectivity index (χ4n) is 3.05. The standard InChI is InChI=1S/C13H17ClN2/c14-9-5-6-13-11(7-9)12(15)8-16(13)10-3-1-2-4-10/h5-7,10,12H,1-4,8,15H2/t12-/m1/s1. The maximum Gasteiger partial charge on any atom is 0.0494 e. The Kier molecular flexibility index (Phi) is 2.56. The van der Waals surface area contributed by atoms with Gasteiger partial charge in [-0.1, -0.05) is 24.4 Å². The molecular weight excluding hydrogens is 220 g/mol. The maximum absolute atomic E-state index is 6.17. The van der Waals surface area contributed by atoms with Gasteiger partial charge in [0.15, 0.2) is 0 Å². The lowest BCUT2D eigenvalue weighted by Crippen LogP contribution is -2.33. The van der Waals surface area contributed by atoms with Crippen LogP contribution in [0.25, 0.3) is 0 Å². The van der Waals surface area contributed by atoms with Crippen molar-refractivity contribution in [1.29, 1.82) is 0 Å². The third kappa shape index (κ3) is 1.61. The van der Waals surface area contributed by atoms with Crippen molar-refractivity contribution < 1.29 is 0 Å². The van der Waals surface area contributed by atoms with E-state index in [1.807, 2.05) is 12.1 Å². The van der Waals surface area contributed by atoms with Crippen molar-refractivity contribution in [2.45, 2.75) is 37.8 Å². The summed E-state index contributed by atoms with van der Waals surface area (Å²) in [5, 5.41) is 0.794. The van der Waals surface area contributed by atoms with Gasteiger partial charge in [0, 0.05) is 29.3 Å². The Balaban J connectivity index is 1.95. The van der Waals surface area contributed by atoms with Crippen molar-refractivity contribution >= 4 is 17.3 Å². The highest BCUT2D eigenvalue weighted by atomic mass is 35.5. The van der Waals surface area contributed by atoms with Crippen LogP contribution in [-0.2, 0) is 0 Å². The second-order valence-electron chi connectivity index (χ2n) is 4.90. The van der Waals surface area contributed by atoms with Crippen molar-refractivity contribution in [3.8, 4) is 0 Å². The van der Waals surface area contributed by atoms with Crippen molar-refractivity contribution in [1.82, 2.24) is 0 Å². The highest BCUT2D eigenvalue weighted by molar-refractivity contribution is 6.30. The van der Waals surface area contributed by atoms with Crippen LogP contribution in [0.15, 0.2) is 18.2 Å². The summed E-state index contributed by atoms with van der Waals surface area (Å²) in [5.74, 6) is 0. The molecule has 1 aliphatic heterocycles. The minimum atomic E-state index is 0.134. The van der Waals surface area contributed by atoms with E-state index >= 15 is 0 Å². The zero-order valence-corrected chi connectivity index (χ0v) is 10.1. The quantitative estimate of drug-likeness (QED) is 0.812. The Morgan fingerprint density at radius 1 is 1.25 bits per heavy atom. The van der Waals surface area contributed by atoms with E-state index in [1.54, 1.807) is 0 Å². The molecule has 0 radical (unpaired) electrons. The summed E-state index contributed by atoms with van der Waals surface area (Å²) in [4.78, 5) is 2.49.